The fraction of sp³-hybridized carbons (Fsp3) is 0.143. The van der Waals surface area contributed by atoms with E-state index in [9.17, 15) is 4.79 Å². The second kappa shape index (κ2) is 5.19. The molecule has 1 unspecified atom stereocenters. The van der Waals surface area contributed by atoms with Gasteiger partial charge in [0.05, 0.1) is 0 Å². The Morgan fingerprint density at radius 3 is 2.67 bits per heavy atom. The average Bonchev–Trinajstić information content (AvgIpc) is 2.87. The molecule has 0 saturated heterocycles. The summed E-state index contributed by atoms with van der Waals surface area (Å²) in [5, 5.41) is 11.7. The quantitative estimate of drug-likeness (QED) is 0.894. The van der Waals surface area contributed by atoms with Crippen LogP contribution in [0.3, 0.4) is 0 Å². The van der Waals surface area contributed by atoms with E-state index < -0.39 is 6.04 Å². The molecule has 0 fully saturated rings. The zero-order valence-corrected chi connectivity index (χ0v) is 10.00. The maximum atomic E-state index is 12.0. The molecule has 1 atom stereocenters. The van der Waals surface area contributed by atoms with Gasteiger partial charge in [0.2, 0.25) is 5.91 Å². The highest BCUT2D eigenvalue weighted by Gasteiger charge is 2.16. The number of carbonyl (C=O) groups is 1. The van der Waals surface area contributed by atoms with E-state index in [1.54, 1.807) is 29.8 Å². The van der Waals surface area contributed by atoms with Gasteiger partial charge in [-0.2, -0.15) is 5.26 Å². The number of rotatable bonds is 3. The van der Waals surface area contributed by atoms with Crippen molar-refractivity contribution in [1.82, 2.24) is 4.57 Å². The number of nitrogens with one attached hydrogen (secondary N) is 1. The molecule has 1 aromatic carbocycles. The average molecular weight is 239 g/mol. The molecule has 0 aliphatic heterocycles. The summed E-state index contributed by atoms with van der Waals surface area (Å²) in [5.41, 5.74) is 1.23. The predicted molar refractivity (Wildman–Crippen MR) is 68.9 cm³/mol. The number of amides is 1. The highest BCUT2D eigenvalue weighted by atomic mass is 16.2. The van der Waals surface area contributed by atoms with Gasteiger partial charge in [0, 0.05) is 11.9 Å². The summed E-state index contributed by atoms with van der Waals surface area (Å²) in [6, 6.07) is 14.3. The van der Waals surface area contributed by atoms with Crippen LogP contribution >= 0.6 is 0 Å². The van der Waals surface area contributed by atoms with Crippen LogP contribution < -0.4 is 5.32 Å². The van der Waals surface area contributed by atoms with Crippen molar-refractivity contribution in [2.45, 2.75) is 13.0 Å². The zero-order chi connectivity index (χ0) is 13.0. The highest BCUT2D eigenvalue weighted by Crippen LogP contribution is 2.14. The van der Waals surface area contributed by atoms with Crippen LogP contribution in [0.2, 0.25) is 0 Å². The molecule has 0 radical (unpaired) electrons. The largest absolute Gasteiger partial charge is 0.327 e. The standard InChI is InChI=1S/C14H13N3O/c1-11(17-9-5-8-13(17)10-15)14(18)16-12-6-3-2-4-7-12/h2-9,11H,1H3,(H,16,18). The molecular formula is C14H13N3O. The van der Waals surface area contributed by atoms with Crippen molar-refractivity contribution in [3.63, 3.8) is 0 Å². The number of anilines is 1. The van der Waals surface area contributed by atoms with E-state index >= 15 is 0 Å². The van der Waals surface area contributed by atoms with Crippen molar-refractivity contribution in [2.24, 2.45) is 0 Å². The third kappa shape index (κ3) is 2.41. The number of para-hydroxylation sites is 1. The summed E-state index contributed by atoms with van der Waals surface area (Å²) in [6.07, 6.45) is 1.73. The van der Waals surface area contributed by atoms with Gasteiger partial charge in [0.15, 0.2) is 0 Å². The van der Waals surface area contributed by atoms with Crippen molar-refractivity contribution in [3.8, 4) is 6.07 Å². The molecule has 0 saturated carbocycles. The molecule has 1 aromatic heterocycles. The lowest BCUT2D eigenvalue weighted by atomic mass is 10.2. The second-order valence-corrected chi connectivity index (χ2v) is 3.94. The molecule has 0 spiro atoms. The van der Waals surface area contributed by atoms with Crippen LogP contribution in [0, 0.1) is 11.3 Å². The molecule has 4 heteroatoms. The van der Waals surface area contributed by atoms with Gasteiger partial charge < -0.3 is 9.88 Å². The smallest absolute Gasteiger partial charge is 0.247 e. The lowest BCUT2D eigenvalue weighted by Crippen LogP contribution is -2.23. The van der Waals surface area contributed by atoms with Gasteiger partial charge in [0.1, 0.15) is 17.8 Å². The Balaban J connectivity index is 2.13. The first kappa shape index (κ1) is 11.9. The van der Waals surface area contributed by atoms with Gasteiger partial charge in [-0.3, -0.25) is 4.79 Å². The van der Waals surface area contributed by atoms with Crippen LogP contribution in [0.1, 0.15) is 18.7 Å². The van der Waals surface area contributed by atoms with Crippen LogP contribution in [0.25, 0.3) is 0 Å². The van der Waals surface area contributed by atoms with Crippen molar-refractivity contribution in [2.75, 3.05) is 5.32 Å². The minimum atomic E-state index is -0.421. The van der Waals surface area contributed by atoms with E-state index in [0.717, 1.165) is 5.69 Å². The van der Waals surface area contributed by atoms with E-state index in [0.29, 0.717) is 5.69 Å². The summed E-state index contributed by atoms with van der Waals surface area (Å²) in [6.45, 7) is 1.76. The van der Waals surface area contributed by atoms with Crippen molar-refractivity contribution in [3.05, 3.63) is 54.4 Å². The van der Waals surface area contributed by atoms with E-state index in [1.165, 1.54) is 0 Å². The minimum Gasteiger partial charge on any atom is -0.327 e. The fourth-order valence-electron chi connectivity index (χ4n) is 1.72. The zero-order valence-electron chi connectivity index (χ0n) is 10.00. The molecule has 0 aliphatic rings. The van der Waals surface area contributed by atoms with Crippen LogP contribution in [0.5, 0.6) is 0 Å². The number of carbonyl (C=O) groups excluding carboxylic acids is 1. The number of hydrogen-bond donors (Lipinski definition) is 1. The Kier molecular flexibility index (Phi) is 3.44. The molecule has 1 heterocycles. The maximum Gasteiger partial charge on any atom is 0.247 e. The third-order valence-corrected chi connectivity index (χ3v) is 2.73. The topological polar surface area (TPSA) is 57.8 Å². The maximum absolute atomic E-state index is 12.0. The first-order chi connectivity index (χ1) is 8.72. The van der Waals surface area contributed by atoms with Crippen molar-refractivity contribution >= 4 is 11.6 Å². The Hall–Kier alpha value is -2.54. The van der Waals surface area contributed by atoms with E-state index in [1.807, 2.05) is 30.3 Å². The second-order valence-electron chi connectivity index (χ2n) is 3.94. The molecular weight excluding hydrogens is 226 g/mol. The summed E-state index contributed by atoms with van der Waals surface area (Å²) in [5.74, 6) is -0.145. The minimum absolute atomic E-state index is 0.145. The highest BCUT2D eigenvalue weighted by molar-refractivity contribution is 5.93. The number of aromatic nitrogens is 1. The van der Waals surface area contributed by atoms with E-state index in [2.05, 4.69) is 11.4 Å². The van der Waals surface area contributed by atoms with Crippen molar-refractivity contribution in [1.29, 1.82) is 5.26 Å². The van der Waals surface area contributed by atoms with Gasteiger partial charge in [-0.25, -0.2) is 0 Å². The number of hydrogen-bond acceptors (Lipinski definition) is 2. The predicted octanol–water partition coefficient (Wildman–Crippen LogP) is 2.56. The summed E-state index contributed by atoms with van der Waals surface area (Å²) in [7, 11) is 0. The monoisotopic (exact) mass is 239 g/mol. The third-order valence-electron chi connectivity index (χ3n) is 2.73. The molecule has 90 valence electrons. The van der Waals surface area contributed by atoms with Crippen LogP contribution in [0.15, 0.2) is 48.7 Å². The van der Waals surface area contributed by atoms with Gasteiger partial charge in [-0.15, -0.1) is 0 Å². The van der Waals surface area contributed by atoms with Crippen LogP contribution in [-0.2, 0) is 4.79 Å². The first-order valence-corrected chi connectivity index (χ1v) is 5.65. The molecule has 0 bridgehead atoms. The van der Waals surface area contributed by atoms with E-state index in [-0.39, 0.29) is 5.91 Å². The summed E-state index contributed by atoms with van der Waals surface area (Å²) >= 11 is 0. The lowest BCUT2D eigenvalue weighted by Gasteiger charge is -2.14. The molecule has 2 aromatic rings. The van der Waals surface area contributed by atoms with E-state index in [4.69, 9.17) is 5.26 Å². The van der Waals surface area contributed by atoms with Crippen LogP contribution in [0.4, 0.5) is 5.69 Å². The molecule has 1 amide bonds. The Labute approximate surface area is 105 Å². The van der Waals surface area contributed by atoms with Gasteiger partial charge >= 0.3 is 0 Å². The van der Waals surface area contributed by atoms with Gasteiger partial charge in [-0.1, -0.05) is 18.2 Å². The molecule has 2 rings (SSSR count). The van der Waals surface area contributed by atoms with Gasteiger partial charge in [0.25, 0.3) is 0 Å². The molecule has 18 heavy (non-hydrogen) atoms. The SMILES string of the molecule is CC(C(=O)Nc1ccccc1)n1cccc1C#N. The summed E-state index contributed by atoms with van der Waals surface area (Å²) in [4.78, 5) is 12.0. The van der Waals surface area contributed by atoms with Crippen LogP contribution in [-0.4, -0.2) is 10.5 Å². The number of nitrogens with zero attached hydrogens (tertiary/aromatic N) is 2. The molecule has 0 aliphatic carbocycles. The molecule has 1 N–H and O–H groups in total. The Bertz CT molecular complexity index is 581. The number of nitriles is 1. The molecule has 4 nitrogen and oxygen atoms in total. The van der Waals surface area contributed by atoms with Gasteiger partial charge in [-0.05, 0) is 31.2 Å². The number of benzene rings is 1. The Morgan fingerprint density at radius 1 is 1.28 bits per heavy atom. The normalized spacial score (nSPS) is 11.6. The first-order valence-electron chi connectivity index (χ1n) is 5.65. The lowest BCUT2D eigenvalue weighted by molar-refractivity contribution is -0.118. The summed E-state index contributed by atoms with van der Waals surface area (Å²) < 4.78 is 1.65. The van der Waals surface area contributed by atoms with Crippen molar-refractivity contribution < 1.29 is 4.79 Å². The fourth-order valence-corrected chi connectivity index (χ4v) is 1.72. The Morgan fingerprint density at radius 2 is 2.00 bits per heavy atom.